The molecule has 0 unspecified atom stereocenters. The first-order valence-corrected chi connectivity index (χ1v) is 6.28. The SMILES string of the molecule is CCCCN(Cc1ccc(F)cc1)C1CC1. The molecule has 0 bridgehead atoms. The maximum Gasteiger partial charge on any atom is 0.123 e. The average molecular weight is 221 g/mol. The number of halogens is 1. The highest BCUT2D eigenvalue weighted by Crippen LogP contribution is 2.28. The smallest absolute Gasteiger partial charge is 0.123 e. The summed E-state index contributed by atoms with van der Waals surface area (Å²) in [6, 6.07) is 7.70. The maximum absolute atomic E-state index is 12.8. The van der Waals surface area contributed by atoms with Gasteiger partial charge in [-0.15, -0.1) is 0 Å². The van der Waals surface area contributed by atoms with Crippen LogP contribution in [-0.2, 0) is 6.54 Å². The zero-order chi connectivity index (χ0) is 11.4. The number of rotatable bonds is 6. The van der Waals surface area contributed by atoms with Crippen LogP contribution in [0.15, 0.2) is 24.3 Å². The molecule has 0 aromatic heterocycles. The van der Waals surface area contributed by atoms with E-state index in [1.54, 1.807) is 12.1 Å². The first-order chi connectivity index (χ1) is 7.79. The summed E-state index contributed by atoms with van der Waals surface area (Å²) in [6.45, 7) is 4.38. The van der Waals surface area contributed by atoms with E-state index >= 15 is 0 Å². The second-order valence-corrected chi connectivity index (χ2v) is 4.68. The number of nitrogens with zero attached hydrogens (tertiary/aromatic N) is 1. The van der Waals surface area contributed by atoms with Crippen molar-refractivity contribution in [3.8, 4) is 0 Å². The molecule has 1 saturated carbocycles. The van der Waals surface area contributed by atoms with Crippen molar-refractivity contribution >= 4 is 0 Å². The van der Waals surface area contributed by atoms with Gasteiger partial charge in [-0.1, -0.05) is 25.5 Å². The Morgan fingerprint density at radius 2 is 1.94 bits per heavy atom. The lowest BCUT2D eigenvalue weighted by atomic mass is 10.2. The van der Waals surface area contributed by atoms with E-state index in [1.165, 1.54) is 37.8 Å². The summed E-state index contributed by atoms with van der Waals surface area (Å²) in [5, 5.41) is 0. The van der Waals surface area contributed by atoms with Crippen LogP contribution in [0.25, 0.3) is 0 Å². The summed E-state index contributed by atoms with van der Waals surface area (Å²) in [5.74, 6) is -0.143. The molecule has 1 fully saturated rings. The molecule has 1 aliphatic rings. The van der Waals surface area contributed by atoms with Crippen molar-refractivity contribution in [2.24, 2.45) is 0 Å². The summed E-state index contributed by atoms with van der Waals surface area (Å²) >= 11 is 0. The Morgan fingerprint density at radius 1 is 1.25 bits per heavy atom. The Balaban J connectivity index is 1.91. The molecule has 0 N–H and O–H groups in total. The Bertz CT molecular complexity index is 316. The molecule has 2 heteroatoms. The molecule has 0 atom stereocenters. The van der Waals surface area contributed by atoms with E-state index in [4.69, 9.17) is 0 Å². The average Bonchev–Trinajstić information content (AvgIpc) is 3.11. The van der Waals surface area contributed by atoms with Crippen LogP contribution in [0.5, 0.6) is 0 Å². The number of benzene rings is 1. The highest BCUT2D eigenvalue weighted by molar-refractivity contribution is 5.16. The van der Waals surface area contributed by atoms with Crippen LogP contribution in [0, 0.1) is 5.82 Å². The van der Waals surface area contributed by atoms with Crippen LogP contribution in [0.2, 0.25) is 0 Å². The zero-order valence-electron chi connectivity index (χ0n) is 9.95. The van der Waals surface area contributed by atoms with Gasteiger partial charge in [0, 0.05) is 12.6 Å². The van der Waals surface area contributed by atoms with Crippen molar-refractivity contribution in [3.63, 3.8) is 0 Å². The van der Waals surface area contributed by atoms with Crippen LogP contribution in [-0.4, -0.2) is 17.5 Å². The fraction of sp³-hybridized carbons (Fsp3) is 0.571. The lowest BCUT2D eigenvalue weighted by Gasteiger charge is -2.21. The minimum atomic E-state index is -0.143. The minimum absolute atomic E-state index is 0.143. The third-order valence-electron chi connectivity index (χ3n) is 3.16. The fourth-order valence-electron chi connectivity index (χ4n) is 2.02. The minimum Gasteiger partial charge on any atom is -0.296 e. The van der Waals surface area contributed by atoms with Gasteiger partial charge in [-0.05, 0) is 43.5 Å². The number of hydrogen-bond acceptors (Lipinski definition) is 1. The van der Waals surface area contributed by atoms with Gasteiger partial charge in [-0.25, -0.2) is 4.39 Å². The molecule has 0 amide bonds. The van der Waals surface area contributed by atoms with Crippen molar-refractivity contribution in [1.29, 1.82) is 0 Å². The van der Waals surface area contributed by atoms with Crippen molar-refractivity contribution in [2.75, 3.05) is 6.54 Å². The Labute approximate surface area is 97.3 Å². The Morgan fingerprint density at radius 3 is 2.50 bits per heavy atom. The summed E-state index contributed by atoms with van der Waals surface area (Å²) < 4.78 is 12.8. The van der Waals surface area contributed by atoms with E-state index in [-0.39, 0.29) is 5.82 Å². The van der Waals surface area contributed by atoms with Crippen LogP contribution >= 0.6 is 0 Å². The predicted molar refractivity (Wildman–Crippen MR) is 64.7 cm³/mol. The topological polar surface area (TPSA) is 3.24 Å². The second-order valence-electron chi connectivity index (χ2n) is 4.68. The molecule has 16 heavy (non-hydrogen) atoms. The summed E-state index contributed by atoms with van der Waals surface area (Å²) in [6.07, 6.45) is 5.18. The van der Waals surface area contributed by atoms with Crippen molar-refractivity contribution in [2.45, 2.75) is 45.2 Å². The van der Waals surface area contributed by atoms with Gasteiger partial charge in [0.05, 0.1) is 0 Å². The van der Waals surface area contributed by atoms with Gasteiger partial charge in [0.15, 0.2) is 0 Å². The Hall–Kier alpha value is -0.890. The van der Waals surface area contributed by atoms with Crippen LogP contribution in [0.4, 0.5) is 4.39 Å². The first kappa shape index (κ1) is 11.6. The second kappa shape index (κ2) is 5.44. The van der Waals surface area contributed by atoms with Gasteiger partial charge in [-0.3, -0.25) is 4.90 Å². The summed E-state index contributed by atoms with van der Waals surface area (Å²) in [7, 11) is 0. The molecule has 1 aliphatic carbocycles. The third-order valence-corrected chi connectivity index (χ3v) is 3.16. The fourth-order valence-corrected chi connectivity index (χ4v) is 2.02. The van der Waals surface area contributed by atoms with Gasteiger partial charge >= 0.3 is 0 Å². The summed E-state index contributed by atoms with van der Waals surface area (Å²) in [4.78, 5) is 2.54. The molecule has 1 aromatic carbocycles. The van der Waals surface area contributed by atoms with E-state index < -0.39 is 0 Å². The van der Waals surface area contributed by atoms with Gasteiger partial charge in [0.25, 0.3) is 0 Å². The van der Waals surface area contributed by atoms with E-state index in [1.807, 2.05) is 12.1 Å². The van der Waals surface area contributed by atoms with E-state index in [0.29, 0.717) is 0 Å². The molecule has 0 heterocycles. The van der Waals surface area contributed by atoms with Crippen LogP contribution in [0.1, 0.15) is 38.2 Å². The van der Waals surface area contributed by atoms with E-state index in [9.17, 15) is 4.39 Å². The van der Waals surface area contributed by atoms with Crippen LogP contribution in [0.3, 0.4) is 0 Å². The molecule has 0 spiro atoms. The molecule has 1 aromatic rings. The first-order valence-electron chi connectivity index (χ1n) is 6.28. The van der Waals surface area contributed by atoms with Crippen molar-refractivity contribution in [3.05, 3.63) is 35.6 Å². The van der Waals surface area contributed by atoms with Gasteiger partial charge in [0.1, 0.15) is 5.82 Å². The lowest BCUT2D eigenvalue weighted by molar-refractivity contribution is 0.250. The predicted octanol–water partition coefficient (Wildman–Crippen LogP) is 3.59. The van der Waals surface area contributed by atoms with Crippen LogP contribution < -0.4 is 0 Å². The van der Waals surface area contributed by atoms with Gasteiger partial charge < -0.3 is 0 Å². The van der Waals surface area contributed by atoms with E-state index in [0.717, 1.165) is 12.6 Å². The largest absolute Gasteiger partial charge is 0.296 e. The molecule has 88 valence electrons. The number of hydrogen-bond donors (Lipinski definition) is 0. The van der Waals surface area contributed by atoms with Gasteiger partial charge in [-0.2, -0.15) is 0 Å². The summed E-state index contributed by atoms with van der Waals surface area (Å²) in [5.41, 5.74) is 1.23. The number of unbranched alkanes of at least 4 members (excludes halogenated alkanes) is 1. The monoisotopic (exact) mass is 221 g/mol. The van der Waals surface area contributed by atoms with Crippen molar-refractivity contribution < 1.29 is 4.39 Å². The molecule has 0 radical (unpaired) electrons. The molecule has 2 rings (SSSR count). The maximum atomic E-state index is 12.8. The molecule has 0 aliphatic heterocycles. The third kappa shape index (κ3) is 3.31. The highest BCUT2D eigenvalue weighted by atomic mass is 19.1. The standard InChI is InChI=1S/C14H20FN/c1-2-3-10-16(14-8-9-14)11-12-4-6-13(15)7-5-12/h4-7,14H,2-3,8-11H2,1H3. The van der Waals surface area contributed by atoms with Crippen molar-refractivity contribution in [1.82, 2.24) is 4.90 Å². The zero-order valence-corrected chi connectivity index (χ0v) is 9.95. The van der Waals surface area contributed by atoms with E-state index in [2.05, 4.69) is 11.8 Å². The quantitative estimate of drug-likeness (QED) is 0.709. The van der Waals surface area contributed by atoms with Gasteiger partial charge in [0.2, 0.25) is 0 Å². The molecule has 0 saturated heterocycles. The molecular weight excluding hydrogens is 201 g/mol. The normalized spacial score (nSPS) is 15.7. The molecule has 1 nitrogen and oxygen atoms in total. The highest BCUT2D eigenvalue weighted by Gasteiger charge is 2.28. The molecular formula is C14H20FN. The Kier molecular flexibility index (Phi) is 3.94. The lowest BCUT2D eigenvalue weighted by Crippen LogP contribution is -2.26.